The van der Waals surface area contributed by atoms with Crippen LogP contribution >= 0.6 is 0 Å². The Morgan fingerprint density at radius 2 is 1.50 bits per heavy atom. The summed E-state index contributed by atoms with van der Waals surface area (Å²) < 4.78 is 0. The molecule has 0 aliphatic carbocycles. The van der Waals surface area contributed by atoms with E-state index in [0.29, 0.717) is 12.1 Å². The average molecular weight is 304 g/mol. The molecular formula is C17H22NO4+. The third kappa shape index (κ3) is 4.65. The molecule has 0 saturated carbocycles. The summed E-state index contributed by atoms with van der Waals surface area (Å²) in [7, 11) is 0. The molecule has 0 saturated heterocycles. The van der Waals surface area contributed by atoms with Crippen molar-refractivity contribution < 1.29 is 25.7 Å². The maximum Gasteiger partial charge on any atom is 0.128 e. The van der Waals surface area contributed by atoms with E-state index < -0.39 is 6.10 Å². The first-order valence-electron chi connectivity index (χ1n) is 7.26. The number of phenolic OH excluding ortho intramolecular Hbond substituents is 3. The second kappa shape index (κ2) is 7.15. The maximum absolute atomic E-state index is 10.1. The molecule has 5 heteroatoms. The summed E-state index contributed by atoms with van der Waals surface area (Å²) in [4.78, 5) is 0. The van der Waals surface area contributed by atoms with Gasteiger partial charge in [0.1, 0.15) is 29.9 Å². The van der Waals surface area contributed by atoms with Crippen molar-refractivity contribution in [2.45, 2.75) is 25.5 Å². The molecule has 2 atom stereocenters. The van der Waals surface area contributed by atoms with E-state index >= 15 is 0 Å². The van der Waals surface area contributed by atoms with E-state index in [1.807, 2.05) is 17.4 Å². The van der Waals surface area contributed by atoms with Crippen LogP contribution in [0.25, 0.3) is 0 Å². The number of hydrogen-bond acceptors (Lipinski definition) is 4. The van der Waals surface area contributed by atoms with Gasteiger partial charge in [-0.15, -0.1) is 0 Å². The highest BCUT2D eigenvalue weighted by molar-refractivity contribution is 5.37. The van der Waals surface area contributed by atoms with Crippen LogP contribution in [0.4, 0.5) is 0 Å². The number of hydrogen-bond donors (Lipinski definition) is 5. The fourth-order valence-corrected chi connectivity index (χ4v) is 2.39. The van der Waals surface area contributed by atoms with Crippen LogP contribution in [0.5, 0.6) is 17.2 Å². The zero-order chi connectivity index (χ0) is 16.1. The van der Waals surface area contributed by atoms with Crippen LogP contribution in [0.15, 0.2) is 42.5 Å². The summed E-state index contributed by atoms with van der Waals surface area (Å²) in [5, 5.41) is 40.3. The Bertz CT molecular complexity index is 592. The van der Waals surface area contributed by atoms with Gasteiger partial charge in [0.2, 0.25) is 0 Å². The van der Waals surface area contributed by atoms with E-state index in [2.05, 4.69) is 6.92 Å². The Kier molecular flexibility index (Phi) is 5.25. The fraction of sp³-hybridized carbons (Fsp3) is 0.294. The number of rotatable bonds is 6. The van der Waals surface area contributed by atoms with Crippen LogP contribution in [0.3, 0.4) is 0 Å². The Balaban J connectivity index is 1.87. The van der Waals surface area contributed by atoms with Crippen molar-refractivity contribution in [3.8, 4) is 17.2 Å². The summed E-state index contributed by atoms with van der Waals surface area (Å²) >= 11 is 0. The summed E-state index contributed by atoms with van der Waals surface area (Å²) in [5.74, 6) is 0.122. The number of aliphatic hydroxyl groups is 1. The summed E-state index contributed by atoms with van der Waals surface area (Å²) in [6, 6.07) is 11.5. The van der Waals surface area contributed by atoms with Gasteiger partial charge in [-0.2, -0.15) is 0 Å². The summed E-state index contributed by atoms with van der Waals surface area (Å²) in [5.41, 5.74) is 1.61. The van der Waals surface area contributed by atoms with Gasteiger partial charge in [0.25, 0.3) is 0 Å². The molecule has 5 nitrogen and oxygen atoms in total. The zero-order valence-electron chi connectivity index (χ0n) is 12.5. The minimum absolute atomic E-state index is 0.0637. The molecule has 0 aromatic heterocycles. The molecule has 0 radical (unpaired) electrons. The van der Waals surface area contributed by atoms with Gasteiger partial charge in [-0.25, -0.2) is 0 Å². The molecule has 0 fully saturated rings. The van der Waals surface area contributed by atoms with E-state index in [0.717, 1.165) is 12.0 Å². The van der Waals surface area contributed by atoms with Gasteiger partial charge in [-0.3, -0.25) is 0 Å². The van der Waals surface area contributed by atoms with Crippen LogP contribution in [0.1, 0.15) is 24.2 Å². The van der Waals surface area contributed by atoms with E-state index in [4.69, 9.17) is 0 Å². The predicted octanol–water partition coefficient (Wildman–Crippen LogP) is 1.03. The van der Waals surface area contributed by atoms with Gasteiger partial charge in [0.15, 0.2) is 0 Å². The molecule has 0 aliphatic heterocycles. The molecule has 2 aromatic carbocycles. The molecule has 2 rings (SSSR count). The van der Waals surface area contributed by atoms with Crippen molar-refractivity contribution in [3.63, 3.8) is 0 Å². The van der Waals surface area contributed by atoms with E-state index in [1.165, 1.54) is 18.2 Å². The third-order valence-corrected chi connectivity index (χ3v) is 3.57. The standard InChI is InChI=1S/C17H21NO4/c1-11(6-12-2-4-14(19)5-3-12)18-10-17(22)13-7-15(20)9-16(21)8-13/h2-5,7-9,11,17-22H,6,10H2,1H3/p+1/t11-,17-/m1/s1. The quantitative estimate of drug-likeness (QED) is 0.550. The highest BCUT2D eigenvalue weighted by Gasteiger charge is 2.14. The number of aromatic hydroxyl groups is 3. The van der Waals surface area contributed by atoms with E-state index in [9.17, 15) is 20.4 Å². The lowest BCUT2D eigenvalue weighted by Gasteiger charge is -2.15. The highest BCUT2D eigenvalue weighted by atomic mass is 16.3. The van der Waals surface area contributed by atoms with Crippen molar-refractivity contribution in [2.75, 3.05) is 6.54 Å². The van der Waals surface area contributed by atoms with E-state index in [1.54, 1.807) is 12.1 Å². The molecule has 0 spiro atoms. The van der Waals surface area contributed by atoms with Crippen LogP contribution in [0, 0.1) is 0 Å². The number of aliphatic hydroxyl groups excluding tert-OH is 1. The van der Waals surface area contributed by atoms with Crippen molar-refractivity contribution in [2.24, 2.45) is 0 Å². The lowest BCUT2D eigenvalue weighted by Crippen LogP contribution is -2.90. The largest absolute Gasteiger partial charge is 0.508 e. The smallest absolute Gasteiger partial charge is 0.128 e. The Hall–Kier alpha value is -2.24. The third-order valence-electron chi connectivity index (χ3n) is 3.57. The number of benzene rings is 2. The van der Waals surface area contributed by atoms with Crippen LogP contribution < -0.4 is 5.32 Å². The van der Waals surface area contributed by atoms with Gasteiger partial charge in [-0.05, 0) is 42.3 Å². The maximum atomic E-state index is 10.1. The molecule has 22 heavy (non-hydrogen) atoms. The van der Waals surface area contributed by atoms with Crippen molar-refractivity contribution in [1.82, 2.24) is 0 Å². The molecule has 118 valence electrons. The zero-order valence-corrected chi connectivity index (χ0v) is 12.5. The first kappa shape index (κ1) is 16.1. The molecule has 6 N–H and O–H groups in total. The molecular weight excluding hydrogens is 282 g/mol. The minimum Gasteiger partial charge on any atom is -0.508 e. The fourth-order valence-electron chi connectivity index (χ4n) is 2.39. The minimum atomic E-state index is -0.764. The predicted molar refractivity (Wildman–Crippen MR) is 82.8 cm³/mol. The monoisotopic (exact) mass is 304 g/mol. The lowest BCUT2D eigenvalue weighted by atomic mass is 10.1. The van der Waals surface area contributed by atoms with Crippen LogP contribution in [0.2, 0.25) is 0 Å². The first-order chi connectivity index (χ1) is 10.4. The SMILES string of the molecule is C[C@H](Cc1ccc(O)cc1)[NH2+]C[C@@H](O)c1cc(O)cc(O)c1. The topological polar surface area (TPSA) is 97.5 Å². The van der Waals surface area contributed by atoms with Gasteiger partial charge in [-0.1, -0.05) is 12.1 Å². The Morgan fingerprint density at radius 3 is 2.09 bits per heavy atom. The summed E-state index contributed by atoms with van der Waals surface area (Å²) in [6.07, 6.45) is 0.0541. The lowest BCUT2D eigenvalue weighted by molar-refractivity contribution is -0.692. The number of quaternary nitrogens is 1. The molecule has 0 aliphatic rings. The highest BCUT2D eigenvalue weighted by Crippen LogP contribution is 2.24. The Labute approximate surface area is 129 Å². The molecule has 0 heterocycles. The van der Waals surface area contributed by atoms with Crippen molar-refractivity contribution in [1.29, 1.82) is 0 Å². The first-order valence-corrected chi connectivity index (χ1v) is 7.26. The molecule has 2 aromatic rings. The molecule has 0 unspecified atom stereocenters. The normalized spacial score (nSPS) is 13.7. The van der Waals surface area contributed by atoms with E-state index in [-0.39, 0.29) is 23.3 Å². The van der Waals surface area contributed by atoms with Crippen molar-refractivity contribution in [3.05, 3.63) is 53.6 Å². The van der Waals surface area contributed by atoms with Gasteiger partial charge >= 0.3 is 0 Å². The number of phenols is 3. The van der Waals surface area contributed by atoms with Gasteiger partial charge in [0, 0.05) is 12.5 Å². The molecule has 0 bridgehead atoms. The average Bonchev–Trinajstić information content (AvgIpc) is 2.46. The van der Waals surface area contributed by atoms with Crippen molar-refractivity contribution >= 4 is 0 Å². The van der Waals surface area contributed by atoms with Crippen LogP contribution in [-0.2, 0) is 6.42 Å². The Morgan fingerprint density at radius 1 is 0.909 bits per heavy atom. The number of nitrogens with two attached hydrogens (primary N) is 1. The van der Waals surface area contributed by atoms with Gasteiger partial charge in [0.05, 0.1) is 6.04 Å². The van der Waals surface area contributed by atoms with Gasteiger partial charge < -0.3 is 25.7 Å². The second-order valence-electron chi connectivity index (χ2n) is 5.62. The van der Waals surface area contributed by atoms with Crippen LogP contribution in [-0.4, -0.2) is 33.0 Å². The second-order valence-corrected chi connectivity index (χ2v) is 5.62. The summed E-state index contributed by atoms with van der Waals surface area (Å²) in [6.45, 7) is 2.49. The molecule has 0 amide bonds.